The van der Waals surface area contributed by atoms with E-state index in [1.54, 1.807) is 38.1 Å². The van der Waals surface area contributed by atoms with Crippen LogP contribution in [0.1, 0.15) is 66.6 Å². The summed E-state index contributed by atoms with van der Waals surface area (Å²) in [5.41, 5.74) is 0.461. The van der Waals surface area contributed by atoms with E-state index in [0.717, 1.165) is 47.7 Å². The Labute approximate surface area is 297 Å². The summed E-state index contributed by atoms with van der Waals surface area (Å²) < 4.78 is 72.7. The van der Waals surface area contributed by atoms with Gasteiger partial charge in [0.1, 0.15) is 24.0 Å². The molecule has 51 heavy (non-hydrogen) atoms. The summed E-state index contributed by atoms with van der Waals surface area (Å²) in [7, 11) is -2.39. The van der Waals surface area contributed by atoms with E-state index in [9.17, 15) is 31.5 Å². The van der Waals surface area contributed by atoms with Gasteiger partial charge in [-0.1, -0.05) is 36.1 Å². The lowest BCUT2D eigenvalue weighted by Gasteiger charge is -2.26. The molecule has 1 aromatic heterocycles. The molecule has 14 heteroatoms. The molecule has 2 saturated carbocycles. The lowest BCUT2D eigenvalue weighted by molar-refractivity contribution is -0.137. The number of anilines is 2. The molecular weight excluding hydrogens is 683 g/mol. The molecule has 0 saturated heterocycles. The van der Waals surface area contributed by atoms with Crippen LogP contribution < -0.4 is 25.0 Å². The van der Waals surface area contributed by atoms with Crippen LogP contribution in [0.15, 0.2) is 60.7 Å². The Bertz CT molecular complexity index is 1850. The molecule has 0 unspecified atom stereocenters. The van der Waals surface area contributed by atoms with Crippen molar-refractivity contribution in [1.82, 2.24) is 15.6 Å². The highest BCUT2D eigenvalue weighted by molar-refractivity contribution is 7.93. The van der Waals surface area contributed by atoms with Crippen LogP contribution in [-0.2, 0) is 22.7 Å². The average molecular weight is 728 g/mol. The van der Waals surface area contributed by atoms with E-state index in [2.05, 4.69) is 32.8 Å². The molecule has 2 aromatic carbocycles. The number of carbonyl (C=O) groups is 1. The minimum atomic E-state index is -4.49. The molecule has 5 rings (SSSR count). The Hall–Kier alpha value is -4.32. The van der Waals surface area contributed by atoms with Gasteiger partial charge in [-0.2, -0.15) is 13.2 Å². The fourth-order valence-corrected chi connectivity index (χ4v) is 6.03. The van der Waals surface area contributed by atoms with E-state index in [1.165, 1.54) is 25.2 Å². The number of aromatic nitrogens is 1. The molecule has 0 bridgehead atoms. The molecule has 3 aromatic rings. The average Bonchev–Trinajstić information content (AvgIpc) is 4.04. The number of amides is 1. The van der Waals surface area contributed by atoms with Gasteiger partial charge in [-0.25, -0.2) is 13.4 Å². The number of nitrogens with one attached hydrogen (secondary N) is 3. The summed E-state index contributed by atoms with van der Waals surface area (Å²) >= 11 is 0. The third-order valence-corrected chi connectivity index (χ3v) is 10.8. The number of alkyl halides is 3. The fraction of sp³-hybridized carbons (Fsp3) is 0.459. The van der Waals surface area contributed by atoms with Crippen LogP contribution in [0.3, 0.4) is 0 Å². The molecule has 1 amide bonds. The van der Waals surface area contributed by atoms with Crippen LogP contribution in [0, 0.1) is 23.7 Å². The van der Waals surface area contributed by atoms with Gasteiger partial charge in [0.25, 0.3) is 5.91 Å². The predicted octanol–water partition coefficient (Wildman–Crippen LogP) is 5.19. The standard InChI is InChI=1S/C37H44F3N5O5S/c1-24(2)51(48,49)45(3)35-19-29(18-34(44-35)42-21-27-14-15-27)36(47)43-32(23-50-31-9-5-6-26(17-31)13-12-25-10-11-25)33(46)22-41-20-28-7-4-8-30(16-28)37(38,39)40/h4-9,16-19,24-25,27,32-33,41,46H,10-11,14-15,20-23H2,1-3H3,(H,42,44)(H,43,47)/t32-,33+/m0/s1. The second-order valence-corrected chi connectivity index (χ2v) is 15.9. The minimum Gasteiger partial charge on any atom is -0.491 e. The lowest BCUT2D eigenvalue weighted by atomic mass is 10.1. The summed E-state index contributed by atoms with van der Waals surface area (Å²) in [6.07, 6.45) is -1.42. The molecule has 0 aliphatic heterocycles. The van der Waals surface area contributed by atoms with Gasteiger partial charge in [-0.05, 0) is 87.4 Å². The first-order chi connectivity index (χ1) is 24.2. The molecule has 2 fully saturated rings. The van der Waals surface area contributed by atoms with Gasteiger partial charge >= 0.3 is 6.18 Å². The number of hydrogen-bond acceptors (Lipinski definition) is 8. The summed E-state index contributed by atoms with van der Waals surface area (Å²) in [6, 6.07) is 13.9. The number of ether oxygens (including phenoxy) is 1. The highest BCUT2D eigenvalue weighted by Crippen LogP contribution is 2.31. The van der Waals surface area contributed by atoms with Gasteiger partial charge in [0, 0.05) is 43.7 Å². The molecule has 10 nitrogen and oxygen atoms in total. The molecule has 0 spiro atoms. The van der Waals surface area contributed by atoms with E-state index in [1.807, 2.05) is 6.07 Å². The summed E-state index contributed by atoms with van der Waals surface area (Å²) in [5, 5.41) is 19.6. The summed E-state index contributed by atoms with van der Waals surface area (Å²) in [4.78, 5) is 18.3. The Morgan fingerprint density at radius 2 is 1.82 bits per heavy atom. The molecule has 2 atom stereocenters. The van der Waals surface area contributed by atoms with Gasteiger partial charge in [-0.15, -0.1) is 0 Å². The van der Waals surface area contributed by atoms with Crippen molar-refractivity contribution < 1.29 is 36.2 Å². The summed E-state index contributed by atoms with van der Waals surface area (Å²) in [6.45, 7) is 3.50. The topological polar surface area (TPSA) is 133 Å². The number of rotatable bonds is 16. The van der Waals surface area contributed by atoms with Crippen molar-refractivity contribution in [1.29, 1.82) is 0 Å². The first-order valence-corrected chi connectivity index (χ1v) is 18.5. The SMILES string of the molecule is CC(C)S(=O)(=O)N(C)c1cc(C(=O)N[C@@H](COc2cccc(C#CC3CC3)c2)[C@H](O)CNCc2cccc(C(F)(F)F)c2)cc(NCC2CC2)n1. The van der Waals surface area contributed by atoms with Crippen LogP contribution in [0.4, 0.5) is 24.8 Å². The van der Waals surface area contributed by atoms with Crippen molar-refractivity contribution in [3.05, 3.63) is 82.9 Å². The van der Waals surface area contributed by atoms with Crippen LogP contribution in [0.25, 0.3) is 0 Å². The zero-order chi connectivity index (χ0) is 36.8. The Balaban J connectivity index is 1.34. The van der Waals surface area contributed by atoms with Gasteiger partial charge in [0.15, 0.2) is 0 Å². The number of hydrogen-bond donors (Lipinski definition) is 4. The van der Waals surface area contributed by atoms with E-state index in [-0.39, 0.29) is 31.1 Å². The summed E-state index contributed by atoms with van der Waals surface area (Å²) in [5.74, 6) is 7.47. The minimum absolute atomic E-state index is 0.0324. The molecule has 4 N–H and O–H groups in total. The number of halogens is 3. The van der Waals surface area contributed by atoms with Crippen molar-refractivity contribution in [3.63, 3.8) is 0 Å². The molecule has 1 heterocycles. The van der Waals surface area contributed by atoms with Crippen molar-refractivity contribution in [3.8, 4) is 17.6 Å². The molecule has 274 valence electrons. The highest BCUT2D eigenvalue weighted by atomic mass is 32.2. The van der Waals surface area contributed by atoms with E-state index < -0.39 is 45.1 Å². The lowest BCUT2D eigenvalue weighted by Crippen LogP contribution is -2.50. The molecule has 2 aliphatic carbocycles. The monoisotopic (exact) mass is 727 g/mol. The van der Waals surface area contributed by atoms with Crippen molar-refractivity contribution in [2.75, 3.05) is 36.4 Å². The largest absolute Gasteiger partial charge is 0.491 e. The van der Waals surface area contributed by atoms with Gasteiger partial charge in [0.2, 0.25) is 10.0 Å². The normalized spacial score (nSPS) is 15.8. The Morgan fingerprint density at radius 3 is 2.51 bits per heavy atom. The van der Waals surface area contributed by atoms with E-state index in [4.69, 9.17) is 4.74 Å². The third-order valence-electron chi connectivity index (χ3n) is 8.62. The number of benzene rings is 2. The Morgan fingerprint density at radius 1 is 1.08 bits per heavy atom. The van der Waals surface area contributed by atoms with Crippen LogP contribution in [0.5, 0.6) is 5.75 Å². The second-order valence-electron chi connectivity index (χ2n) is 13.3. The number of nitrogens with zero attached hydrogens (tertiary/aromatic N) is 2. The first-order valence-electron chi connectivity index (χ1n) is 17.0. The molecule has 0 radical (unpaired) electrons. The van der Waals surface area contributed by atoms with Crippen molar-refractivity contribution in [2.24, 2.45) is 11.8 Å². The van der Waals surface area contributed by atoms with Crippen LogP contribution >= 0.6 is 0 Å². The molecular formula is C37H44F3N5O5S. The van der Waals surface area contributed by atoms with Crippen molar-refractivity contribution in [2.45, 2.75) is 69.6 Å². The van der Waals surface area contributed by atoms with E-state index in [0.29, 0.717) is 35.5 Å². The van der Waals surface area contributed by atoms with Gasteiger partial charge < -0.3 is 25.8 Å². The smallest absolute Gasteiger partial charge is 0.416 e. The third kappa shape index (κ3) is 11.1. The number of pyridine rings is 1. The quantitative estimate of drug-likeness (QED) is 0.149. The Kier molecular flexibility index (Phi) is 12.2. The van der Waals surface area contributed by atoms with Gasteiger partial charge in [-0.3, -0.25) is 9.10 Å². The van der Waals surface area contributed by atoms with Crippen LogP contribution in [-0.4, -0.2) is 68.6 Å². The maximum Gasteiger partial charge on any atom is 0.416 e. The maximum atomic E-state index is 13.8. The zero-order valence-corrected chi connectivity index (χ0v) is 29.7. The van der Waals surface area contributed by atoms with Gasteiger partial charge in [0.05, 0.1) is 23.0 Å². The number of aliphatic hydroxyl groups excluding tert-OH is 1. The highest BCUT2D eigenvalue weighted by Gasteiger charge is 2.31. The van der Waals surface area contributed by atoms with Crippen molar-refractivity contribution >= 4 is 27.6 Å². The maximum absolute atomic E-state index is 13.8. The zero-order valence-electron chi connectivity index (χ0n) is 28.8. The molecule has 2 aliphatic rings. The number of sulfonamides is 1. The van der Waals surface area contributed by atoms with Crippen LogP contribution in [0.2, 0.25) is 0 Å². The second kappa shape index (κ2) is 16.4. The number of carbonyl (C=O) groups excluding carboxylic acids is 1. The van der Waals surface area contributed by atoms with E-state index >= 15 is 0 Å². The fourth-order valence-electron chi connectivity index (χ4n) is 5.04. The first kappa shape index (κ1) is 37.9. The number of aliphatic hydroxyl groups is 1. The predicted molar refractivity (Wildman–Crippen MR) is 190 cm³/mol.